The zero-order valence-electron chi connectivity index (χ0n) is 12.4. The van der Waals surface area contributed by atoms with Crippen molar-refractivity contribution in [2.45, 2.75) is 40.5 Å². The molecule has 104 valence electrons. The summed E-state index contributed by atoms with van der Waals surface area (Å²) in [5.74, 6) is 0. The van der Waals surface area contributed by atoms with Crippen LogP contribution >= 0.6 is 0 Å². The molecule has 3 heteroatoms. The highest BCUT2D eigenvalue weighted by Gasteiger charge is 2.16. The minimum atomic E-state index is 0. The maximum atomic E-state index is 4.05. The highest BCUT2D eigenvalue weighted by molar-refractivity contribution is 4.87. The smallest absolute Gasteiger partial charge is 0.0801 e. The van der Waals surface area contributed by atoms with Gasteiger partial charge in [-0.15, -0.1) is 0 Å². The van der Waals surface area contributed by atoms with Crippen molar-refractivity contribution in [3.63, 3.8) is 0 Å². The van der Waals surface area contributed by atoms with Crippen LogP contribution in [0, 0.1) is 0 Å². The summed E-state index contributed by atoms with van der Waals surface area (Å²) in [4.78, 5) is 2.41. The van der Waals surface area contributed by atoms with Crippen molar-refractivity contribution in [3.8, 4) is 0 Å². The predicted octanol–water partition coefficient (Wildman–Crippen LogP) is 0.113. The van der Waals surface area contributed by atoms with Crippen LogP contribution in [-0.2, 0) is 0 Å². The van der Waals surface area contributed by atoms with Gasteiger partial charge in [0.05, 0.1) is 26.7 Å². The Morgan fingerprint density at radius 1 is 1.12 bits per heavy atom. The molecule has 0 amide bonds. The molecule has 0 atom stereocenters. The van der Waals surface area contributed by atoms with Gasteiger partial charge in [-0.3, -0.25) is 0 Å². The van der Waals surface area contributed by atoms with Crippen molar-refractivity contribution in [1.29, 1.82) is 0 Å². The Morgan fingerprint density at radius 3 is 2.00 bits per heavy atom. The minimum absolute atomic E-state index is 0. The molecule has 0 aliphatic rings. The standard InChI is InChI=1S/C14H31N2.ClH/c1-7-11-15(14(4)5)12-10-13-16(6,8-2)9-3;/h4,7-13H2,1-3,5-6H3;1H/q+1;/p-1. The van der Waals surface area contributed by atoms with Crippen LogP contribution in [0.5, 0.6) is 0 Å². The summed E-state index contributed by atoms with van der Waals surface area (Å²) in [5.41, 5.74) is 1.21. The molecule has 0 rings (SSSR count). The van der Waals surface area contributed by atoms with Crippen molar-refractivity contribution in [2.75, 3.05) is 39.8 Å². The molecular weight excluding hydrogens is 232 g/mol. The van der Waals surface area contributed by atoms with Crippen molar-refractivity contribution < 1.29 is 16.9 Å². The first kappa shape index (κ1) is 19.1. The van der Waals surface area contributed by atoms with Gasteiger partial charge in [0, 0.05) is 25.2 Å². The molecule has 0 N–H and O–H groups in total. The molecule has 17 heavy (non-hydrogen) atoms. The van der Waals surface area contributed by atoms with Gasteiger partial charge in [0.25, 0.3) is 0 Å². The number of rotatable bonds is 9. The summed E-state index contributed by atoms with van der Waals surface area (Å²) in [7, 11) is 2.35. The summed E-state index contributed by atoms with van der Waals surface area (Å²) in [6, 6.07) is 0. The van der Waals surface area contributed by atoms with E-state index >= 15 is 0 Å². The molecular formula is C14H31ClN2. The lowest BCUT2D eigenvalue weighted by Gasteiger charge is -2.33. The number of nitrogens with zero attached hydrogens (tertiary/aromatic N) is 2. The zero-order chi connectivity index (χ0) is 12.6. The minimum Gasteiger partial charge on any atom is -1.00 e. The maximum Gasteiger partial charge on any atom is 0.0801 e. The second kappa shape index (κ2) is 9.78. The van der Waals surface area contributed by atoms with E-state index < -0.39 is 0 Å². The predicted molar refractivity (Wildman–Crippen MR) is 73.4 cm³/mol. The van der Waals surface area contributed by atoms with E-state index in [0.29, 0.717) is 0 Å². The molecule has 0 aliphatic carbocycles. The number of hydrogen-bond acceptors (Lipinski definition) is 1. The first-order valence-electron chi connectivity index (χ1n) is 6.73. The van der Waals surface area contributed by atoms with Crippen LogP contribution in [0.4, 0.5) is 0 Å². The van der Waals surface area contributed by atoms with Gasteiger partial charge < -0.3 is 21.8 Å². The molecule has 0 heterocycles. The molecule has 0 aromatic carbocycles. The van der Waals surface area contributed by atoms with Crippen LogP contribution in [0.25, 0.3) is 0 Å². The van der Waals surface area contributed by atoms with Crippen molar-refractivity contribution in [1.82, 2.24) is 4.90 Å². The average Bonchev–Trinajstić information content (AvgIpc) is 2.27. The zero-order valence-corrected chi connectivity index (χ0v) is 13.2. The molecule has 0 aliphatic heterocycles. The summed E-state index contributed by atoms with van der Waals surface area (Å²) < 4.78 is 1.19. The number of quaternary nitrogens is 1. The van der Waals surface area contributed by atoms with Crippen LogP contribution < -0.4 is 12.4 Å². The van der Waals surface area contributed by atoms with Crippen LogP contribution in [0.2, 0.25) is 0 Å². The van der Waals surface area contributed by atoms with Gasteiger partial charge in [0.2, 0.25) is 0 Å². The van der Waals surface area contributed by atoms with Gasteiger partial charge in [-0.1, -0.05) is 13.5 Å². The van der Waals surface area contributed by atoms with E-state index in [1.807, 2.05) is 0 Å². The van der Waals surface area contributed by atoms with Crippen LogP contribution in [0.1, 0.15) is 40.5 Å². The SMILES string of the molecule is C=C(C)N(CCC)CCC[N+](C)(CC)CC.[Cl-]. The lowest BCUT2D eigenvalue weighted by atomic mass is 10.2. The monoisotopic (exact) mass is 262 g/mol. The van der Waals surface area contributed by atoms with Crippen LogP contribution in [0.15, 0.2) is 12.3 Å². The molecule has 0 saturated heterocycles. The fourth-order valence-corrected chi connectivity index (χ4v) is 1.95. The second-order valence-electron chi connectivity index (χ2n) is 5.05. The molecule has 0 aromatic rings. The van der Waals surface area contributed by atoms with Gasteiger partial charge >= 0.3 is 0 Å². The molecule has 0 fully saturated rings. The van der Waals surface area contributed by atoms with Gasteiger partial charge in [0.1, 0.15) is 0 Å². The fourth-order valence-electron chi connectivity index (χ4n) is 1.95. The molecule has 0 aromatic heterocycles. The van der Waals surface area contributed by atoms with Crippen molar-refractivity contribution in [3.05, 3.63) is 12.3 Å². The van der Waals surface area contributed by atoms with E-state index in [1.165, 1.54) is 42.7 Å². The topological polar surface area (TPSA) is 3.24 Å². The lowest BCUT2D eigenvalue weighted by molar-refractivity contribution is -0.906. The highest BCUT2D eigenvalue weighted by Crippen LogP contribution is 2.07. The molecule has 2 nitrogen and oxygen atoms in total. The normalized spacial score (nSPS) is 10.9. The maximum absolute atomic E-state index is 4.05. The first-order valence-corrected chi connectivity index (χ1v) is 6.73. The number of halogens is 1. The van der Waals surface area contributed by atoms with Crippen LogP contribution in [0.3, 0.4) is 0 Å². The summed E-state index contributed by atoms with van der Waals surface area (Å²) in [5, 5.41) is 0. The third-order valence-electron chi connectivity index (χ3n) is 3.69. The van der Waals surface area contributed by atoms with Gasteiger partial charge in [-0.05, 0) is 27.2 Å². The van der Waals surface area contributed by atoms with E-state index in [-0.39, 0.29) is 12.4 Å². The molecule has 0 spiro atoms. The molecule has 0 unspecified atom stereocenters. The van der Waals surface area contributed by atoms with E-state index in [4.69, 9.17) is 0 Å². The third kappa shape index (κ3) is 7.67. The lowest BCUT2D eigenvalue weighted by Crippen LogP contribution is -3.00. The van der Waals surface area contributed by atoms with Crippen molar-refractivity contribution in [2.24, 2.45) is 0 Å². The Kier molecular flexibility index (Phi) is 11.0. The van der Waals surface area contributed by atoms with Gasteiger partial charge in [-0.2, -0.15) is 0 Å². The fraction of sp³-hybridized carbons (Fsp3) is 0.857. The van der Waals surface area contributed by atoms with E-state index in [9.17, 15) is 0 Å². The Bertz CT molecular complexity index is 200. The average molecular weight is 263 g/mol. The summed E-state index contributed by atoms with van der Waals surface area (Å²) in [6.07, 6.45) is 2.48. The summed E-state index contributed by atoms with van der Waals surface area (Å²) in [6.45, 7) is 19.0. The van der Waals surface area contributed by atoms with E-state index in [0.717, 1.165) is 13.1 Å². The van der Waals surface area contributed by atoms with E-state index in [2.05, 4.69) is 46.2 Å². The Balaban J connectivity index is 0. The Morgan fingerprint density at radius 2 is 1.65 bits per heavy atom. The summed E-state index contributed by atoms with van der Waals surface area (Å²) >= 11 is 0. The quantitative estimate of drug-likeness (QED) is 0.534. The number of hydrogen-bond donors (Lipinski definition) is 0. The molecule has 0 saturated carbocycles. The largest absolute Gasteiger partial charge is 1.00 e. The highest BCUT2D eigenvalue weighted by atomic mass is 35.5. The first-order chi connectivity index (χ1) is 7.49. The van der Waals surface area contributed by atoms with Gasteiger partial charge in [-0.25, -0.2) is 0 Å². The van der Waals surface area contributed by atoms with Crippen LogP contribution in [-0.4, -0.2) is 49.2 Å². The Labute approximate surface area is 115 Å². The molecule has 0 bridgehead atoms. The van der Waals surface area contributed by atoms with Gasteiger partial charge in [0.15, 0.2) is 0 Å². The molecule has 0 radical (unpaired) electrons. The van der Waals surface area contributed by atoms with E-state index in [1.54, 1.807) is 0 Å². The second-order valence-corrected chi connectivity index (χ2v) is 5.05. The van der Waals surface area contributed by atoms with Crippen molar-refractivity contribution >= 4 is 0 Å². The third-order valence-corrected chi connectivity index (χ3v) is 3.69. The number of allylic oxidation sites excluding steroid dienone is 1. The Hall–Kier alpha value is -0.210.